The topological polar surface area (TPSA) is 26.3 Å². The van der Waals surface area contributed by atoms with Gasteiger partial charge < -0.3 is 4.74 Å². The smallest absolute Gasteiger partial charge is 0.302 e. The lowest BCUT2D eigenvalue weighted by atomic mass is 9.56. The number of esters is 1. The van der Waals surface area contributed by atoms with Crippen molar-refractivity contribution in [2.75, 3.05) is 0 Å². The zero-order valence-corrected chi connectivity index (χ0v) is 16.4. The van der Waals surface area contributed by atoms with E-state index in [0.717, 1.165) is 25.7 Å². The summed E-state index contributed by atoms with van der Waals surface area (Å²) in [5, 5.41) is 0. The van der Waals surface area contributed by atoms with Crippen LogP contribution in [0.15, 0.2) is 22.8 Å². The Balaban J connectivity index is 2.12. The number of hydrogen-bond donors (Lipinski definition) is 0. The molecule has 0 N–H and O–H groups in total. The van der Waals surface area contributed by atoms with Crippen LogP contribution in [0, 0.1) is 22.7 Å². The minimum atomic E-state index is -0.124. The van der Waals surface area contributed by atoms with Gasteiger partial charge in [0.05, 0.1) is 0 Å². The van der Waals surface area contributed by atoms with Gasteiger partial charge in [-0.2, -0.15) is 0 Å². The van der Waals surface area contributed by atoms with Crippen LogP contribution in [0.2, 0.25) is 0 Å². The summed E-state index contributed by atoms with van der Waals surface area (Å²) in [6, 6.07) is 0. The van der Waals surface area contributed by atoms with Gasteiger partial charge in [0.1, 0.15) is 6.10 Å². The maximum Gasteiger partial charge on any atom is 0.302 e. The predicted molar refractivity (Wildman–Crippen MR) is 98.6 cm³/mol. The van der Waals surface area contributed by atoms with Crippen LogP contribution < -0.4 is 0 Å². The first kappa shape index (κ1) is 17.8. The third-order valence-electron chi connectivity index (χ3n) is 7.39. The number of carbonyl (C=O) groups is 1. The van der Waals surface area contributed by atoms with Gasteiger partial charge >= 0.3 is 5.97 Å². The molecule has 4 atom stereocenters. The molecule has 2 heteroatoms. The number of ether oxygens (including phenoxy) is 1. The van der Waals surface area contributed by atoms with Gasteiger partial charge in [-0.3, -0.25) is 4.79 Å². The summed E-state index contributed by atoms with van der Waals surface area (Å²) < 4.78 is 5.96. The Morgan fingerprint density at radius 2 is 1.92 bits per heavy atom. The SMILES string of the molecule is CC(=O)OC1CC2(C)C(=C3CC=C(C)CCC31C)CCC2C(C)C. The highest BCUT2D eigenvalue weighted by Crippen LogP contribution is 2.63. The van der Waals surface area contributed by atoms with Gasteiger partial charge in [0.25, 0.3) is 0 Å². The number of carbonyl (C=O) groups excluding carboxylic acids is 1. The molecule has 0 radical (unpaired) electrons. The van der Waals surface area contributed by atoms with Crippen LogP contribution in [0.4, 0.5) is 0 Å². The van der Waals surface area contributed by atoms with E-state index in [-0.39, 0.29) is 22.9 Å². The molecule has 0 aromatic rings. The van der Waals surface area contributed by atoms with Crippen molar-refractivity contribution in [1.29, 1.82) is 0 Å². The van der Waals surface area contributed by atoms with Gasteiger partial charge in [0, 0.05) is 12.3 Å². The molecule has 0 amide bonds. The molecule has 0 heterocycles. The maximum absolute atomic E-state index is 11.8. The molecular formula is C22H34O2. The fraction of sp³-hybridized carbons (Fsp3) is 0.773. The van der Waals surface area contributed by atoms with Gasteiger partial charge in [0.2, 0.25) is 0 Å². The van der Waals surface area contributed by atoms with E-state index in [4.69, 9.17) is 4.74 Å². The Morgan fingerprint density at radius 1 is 1.21 bits per heavy atom. The summed E-state index contributed by atoms with van der Waals surface area (Å²) in [4.78, 5) is 11.8. The van der Waals surface area contributed by atoms with E-state index < -0.39 is 0 Å². The Kier molecular flexibility index (Phi) is 4.47. The quantitative estimate of drug-likeness (QED) is 0.470. The van der Waals surface area contributed by atoms with Crippen molar-refractivity contribution < 1.29 is 9.53 Å². The fourth-order valence-corrected chi connectivity index (χ4v) is 5.99. The first-order chi connectivity index (χ1) is 11.2. The predicted octanol–water partition coefficient (Wildman–Crippen LogP) is 5.83. The van der Waals surface area contributed by atoms with Gasteiger partial charge in [0.15, 0.2) is 0 Å². The van der Waals surface area contributed by atoms with Crippen molar-refractivity contribution in [3.63, 3.8) is 0 Å². The van der Waals surface area contributed by atoms with E-state index in [1.807, 2.05) is 0 Å². The molecule has 1 saturated carbocycles. The molecule has 2 nitrogen and oxygen atoms in total. The second-order valence-electron chi connectivity index (χ2n) is 9.24. The minimum absolute atomic E-state index is 0.0145. The van der Waals surface area contributed by atoms with Crippen LogP contribution in [-0.4, -0.2) is 12.1 Å². The minimum Gasteiger partial charge on any atom is -0.462 e. The van der Waals surface area contributed by atoms with Crippen molar-refractivity contribution in [3.05, 3.63) is 22.8 Å². The molecular weight excluding hydrogens is 296 g/mol. The highest BCUT2D eigenvalue weighted by molar-refractivity contribution is 5.66. The van der Waals surface area contributed by atoms with E-state index in [2.05, 4.69) is 40.7 Å². The van der Waals surface area contributed by atoms with Crippen LogP contribution in [0.5, 0.6) is 0 Å². The van der Waals surface area contributed by atoms with Crippen LogP contribution in [-0.2, 0) is 9.53 Å². The van der Waals surface area contributed by atoms with Crippen molar-refractivity contribution in [2.45, 2.75) is 86.2 Å². The molecule has 0 aromatic heterocycles. The Hall–Kier alpha value is -1.05. The Labute approximate surface area is 147 Å². The maximum atomic E-state index is 11.8. The molecule has 0 aromatic carbocycles. The molecule has 4 unspecified atom stereocenters. The van der Waals surface area contributed by atoms with Crippen molar-refractivity contribution in [2.24, 2.45) is 22.7 Å². The van der Waals surface area contributed by atoms with E-state index in [1.165, 1.54) is 18.4 Å². The van der Waals surface area contributed by atoms with E-state index >= 15 is 0 Å². The monoisotopic (exact) mass is 330 g/mol. The average Bonchev–Trinajstić information content (AvgIpc) is 2.73. The number of allylic oxidation sites excluding steroid dienone is 3. The summed E-state index contributed by atoms with van der Waals surface area (Å²) in [5.41, 5.74) is 5.01. The van der Waals surface area contributed by atoms with E-state index in [9.17, 15) is 4.79 Å². The third kappa shape index (κ3) is 2.66. The molecule has 0 bridgehead atoms. The van der Waals surface area contributed by atoms with Gasteiger partial charge in [-0.05, 0) is 62.7 Å². The molecule has 3 rings (SSSR count). The molecule has 134 valence electrons. The Bertz CT molecular complexity index is 597. The van der Waals surface area contributed by atoms with E-state index in [1.54, 1.807) is 18.1 Å². The van der Waals surface area contributed by atoms with Crippen LogP contribution in [0.3, 0.4) is 0 Å². The lowest BCUT2D eigenvalue weighted by Gasteiger charge is -2.51. The molecule has 0 spiro atoms. The Morgan fingerprint density at radius 3 is 2.54 bits per heavy atom. The molecule has 3 aliphatic carbocycles. The summed E-state index contributed by atoms with van der Waals surface area (Å²) in [5.74, 6) is 1.26. The van der Waals surface area contributed by atoms with E-state index in [0.29, 0.717) is 11.8 Å². The lowest BCUT2D eigenvalue weighted by molar-refractivity contribution is -0.156. The molecule has 24 heavy (non-hydrogen) atoms. The first-order valence-corrected chi connectivity index (χ1v) is 9.74. The van der Waals surface area contributed by atoms with Crippen molar-refractivity contribution in [1.82, 2.24) is 0 Å². The summed E-state index contributed by atoms with van der Waals surface area (Å²) in [6.45, 7) is 13.3. The molecule has 1 fully saturated rings. The number of fused-ring (bicyclic) bond motifs is 2. The van der Waals surface area contributed by atoms with Gasteiger partial charge in [-0.15, -0.1) is 0 Å². The normalized spacial score (nSPS) is 39.2. The van der Waals surface area contributed by atoms with Gasteiger partial charge in [-0.25, -0.2) is 0 Å². The zero-order chi connectivity index (χ0) is 17.7. The summed E-state index contributed by atoms with van der Waals surface area (Å²) >= 11 is 0. The summed E-state index contributed by atoms with van der Waals surface area (Å²) in [6.07, 6.45) is 9.26. The van der Waals surface area contributed by atoms with Crippen LogP contribution in [0.1, 0.15) is 80.1 Å². The molecule has 3 aliphatic rings. The second-order valence-corrected chi connectivity index (χ2v) is 9.24. The van der Waals surface area contributed by atoms with Crippen LogP contribution >= 0.6 is 0 Å². The van der Waals surface area contributed by atoms with Gasteiger partial charge in [-0.1, -0.05) is 50.5 Å². The van der Waals surface area contributed by atoms with Crippen molar-refractivity contribution >= 4 is 5.97 Å². The molecule has 0 aliphatic heterocycles. The standard InChI is InChI=1S/C22H34O2/c1-14(2)17-9-10-19-18-8-7-15(3)11-12-21(18,5)20(24-16(4)23)13-22(17,19)6/h7,14,17,20H,8-13H2,1-6H3. The number of hydrogen-bond acceptors (Lipinski definition) is 2. The zero-order valence-electron chi connectivity index (χ0n) is 16.4. The largest absolute Gasteiger partial charge is 0.462 e. The highest BCUT2D eigenvalue weighted by Gasteiger charge is 2.56. The fourth-order valence-electron chi connectivity index (χ4n) is 5.99. The second kappa shape index (κ2) is 6.04. The number of rotatable bonds is 2. The third-order valence-corrected chi connectivity index (χ3v) is 7.39. The first-order valence-electron chi connectivity index (χ1n) is 9.74. The molecule has 0 saturated heterocycles. The van der Waals surface area contributed by atoms with Crippen LogP contribution in [0.25, 0.3) is 0 Å². The lowest BCUT2D eigenvalue weighted by Crippen LogP contribution is -2.47. The van der Waals surface area contributed by atoms with Crippen molar-refractivity contribution in [3.8, 4) is 0 Å². The average molecular weight is 331 g/mol. The summed E-state index contributed by atoms with van der Waals surface area (Å²) in [7, 11) is 0. The highest BCUT2D eigenvalue weighted by atomic mass is 16.5.